The SMILES string of the molecule is Cc1ccc(/C(N)=C\N)cc1. The van der Waals surface area contributed by atoms with Crippen molar-refractivity contribution in [1.82, 2.24) is 0 Å². The summed E-state index contributed by atoms with van der Waals surface area (Å²) >= 11 is 0. The van der Waals surface area contributed by atoms with Crippen LogP contribution in [0.3, 0.4) is 0 Å². The van der Waals surface area contributed by atoms with Gasteiger partial charge in [0.05, 0.1) is 5.70 Å². The first-order valence-corrected chi connectivity index (χ1v) is 3.48. The van der Waals surface area contributed by atoms with E-state index < -0.39 is 0 Å². The van der Waals surface area contributed by atoms with E-state index in [1.165, 1.54) is 11.8 Å². The second kappa shape index (κ2) is 3.10. The molecular formula is C9H12N2. The van der Waals surface area contributed by atoms with Crippen molar-refractivity contribution in [3.63, 3.8) is 0 Å². The Kier molecular flexibility index (Phi) is 2.16. The van der Waals surface area contributed by atoms with Gasteiger partial charge in [-0.3, -0.25) is 0 Å². The molecule has 0 aliphatic carbocycles. The normalized spacial score (nSPS) is 11.5. The Balaban J connectivity index is 2.99. The van der Waals surface area contributed by atoms with Crippen LogP contribution in [0.4, 0.5) is 0 Å². The maximum absolute atomic E-state index is 5.58. The lowest BCUT2D eigenvalue weighted by atomic mass is 10.1. The molecule has 4 N–H and O–H groups in total. The van der Waals surface area contributed by atoms with E-state index in [0.29, 0.717) is 5.70 Å². The minimum Gasteiger partial charge on any atom is -0.403 e. The highest BCUT2D eigenvalue weighted by Crippen LogP contribution is 2.08. The zero-order valence-corrected chi connectivity index (χ0v) is 6.54. The van der Waals surface area contributed by atoms with Crippen molar-refractivity contribution >= 4 is 5.70 Å². The molecule has 0 spiro atoms. The number of aryl methyl sites for hydroxylation is 1. The number of rotatable bonds is 1. The van der Waals surface area contributed by atoms with Crippen molar-refractivity contribution in [3.05, 3.63) is 41.6 Å². The molecule has 0 aliphatic heterocycles. The summed E-state index contributed by atoms with van der Waals surface area (Å²) in [6.45, 7) is 2.03. The third-order valence-corrected chi connectivity index (χ3v) is 1.56. The van der Waals surface area contributed by atoms with Gasteiger partial charge in [0, 0.05) is 6.20 Å². The molecule has 0 amide bonds. The van der Waals surface area contributed by atoms with Gasteiger partial charge in [-0.15, -0.1) is 0 Å². The van der Waals surface area contributed by atoms with Gasteiger partial charge in [-0.2, -0.15) is 0 Å². The van der Waals surface area contributed by atoms with Gasteiger partial charge < -0.3 is 11.5 Å². The second-order valence-electron chi connectivity index (χ2n) is 2.49. The first-order chi connectivity index (χ1) is 5.24. The van der Waals surface area contributed by atoms with Gasteiger partial charge in [0.15, 0.2) is 0 Å². The van der Waals surface area contributed by atoms with Crippen LogP contribution in [0.5, 0.6) is 0 Å². The molecule has 1 rings (SSSR count). The third kappa shape index (κ3) is 1.74. The van der Waals surface area contributed by atoms with Crippen molar-refractivity contribution in [2.24, 2.45) is 11.5 Å². The lowest BCUT2D eigenvalue weighted by Crippen LogP contribution is -1.98. The van der Waals surface area contributed by atoms with E-state index >= 15 is 0 Å². The summed E-state index contributed by atoms with van der Waals surface area (Å²) in [5.74, 6) is 0. The van der Waals surface area contributed by atoms with Crippen molar-refractivity contribution < 1.29 is 0 Å². The Hall–Kier alpha value is -1.44. The quantitative estimate of drug-likeness (QED) is 0.629. The molecule has 0 saturated heterocycles. The first kappa shape index (κ1) is 7.66. The molecule has 0 aromatic heterocycles. The highest BCUT2D eigenvalue weighted by atomic mass is 14.6. The Morgan fingerprint density at radius 3 is 2.27 bits per heavy atom. The van der Waals surface area contributed by atoms with E-state index in [-0.39, 0.29) is 0 Å². The molecule has 58 valence electrons. The number of nitrogens with two attached hydrogens (primary N) is 2. The topological polar surface area (TPSA) is 52.0 Å². The van der Waals surface area contributed by atoms with Crippen LogP contribution >= 0.6 is 0 Å². The van der Waals surface area contributed by atoms with Gasteiger partial charge in [-0.25, -0.2) is 0 Å². The Morgan fingerprint density at radius 2 is 1.82 bits per heavy atom. The van der Waals surface area contributed by atoms with Crippen molar-refractivity contribution in [2.75, 3.05) is 0 Å². The Morgan fingerprint density at radius 1 is 1.27 bits per heavy atom. The highest BCUT2D eigenvalue weighted by Gasteiger charge is 1.92. The van der Waals surface area contributed by atoms with E-state index in [4.69, 9.17) is 11.5 Å². The average Bonchev–Trinajstić information content (AvgIpc) is 2.05. The number of benzene rings is 1. The van der Waals surface area contributed by atoms with Crippen LogP contribution in [0.1, 0.15) is 11.1 Å². The van der Waals surface area contributed by atoms with E-state index in [9.17, 15) is 0 Å². The number of hydrogen-bond acceptors (Lipinski definition) is 2. The van der Waals surface area contributed by atoms with Crippen molar-refractivity contribution in [1.29, 1.82) is 0 Å². The van der Waals surface area contributed by atoms with Gasteiger partial charge in [0.2, 0.25) is 0 Å². The largest absolute Gasteiger partial charge is 0.403 e. The molecule has 0 heterocycles. The van der Waals surface area contributed by atoms with E-state index in [2.05, 4.69) is 0 Å². The summed E-state index contributed by atoms with van der Waals surface area (Å²) in [4.78, 5) is 0. The summed E-state index contributed by atoms with van der Waals surface area (Å²) in [6.07, 6.45) is 1.41. The van der Waals surface area contributed by atoms with Gasteiger partial charge in [-0.05, 0) is 12.5 Å². The summed E-state index contributed by atoms with van der Waals surface area (Å²) in [7, 11) is 0. The maximum atomic E-state index is 5.58. The fourth-order valence-corrected chi connectivity index (χ4v) is 0.842. The van der Waals surface area contributed by atoms with E-state index in [1.807, 2.05) is 31.2 Å². The molecule has 0 radical (unpaired) electrons. The lowest BCUT2D eigenvalue weighted by molar-refractivity contribution is 1.41. The van der Waals surface area contributed by atoms with Crippen LogP contribution < -0.4 is 11.5 Å². The third-order valence-electron chi connectivity index (χ3n) is 1.56. The number of hydrogen-bond donors (Lipinski definition) is 2. The predicted octanol–water partition coefficient (Wildman–Crippen LogP) is 1.21. The van der Waals surface area contributed by atoms with Crippen LogP contribution in [0.2, 0.25) is 0 Å². The molecule has 1 aromatic rings. The molecule has 0 aliphatic rings. The van der Waals surface area contributed by atoms with Gasteiger partial charge in [0.1, 0.15) is 0 Å². The molecule has 1 aromatic carbocycles. The molecule has 2 heteroatoms. The summed E-state index contributed by atoms with van der Waals surface area (Å²) in [5.41, 5.74) is 13.6. The van der Waals surface area contributed by atoms with Crippen LogP contribution in [0.25, 0.3) is 5.70 Å². The van der Waals surface area contributed by atoms with Crippen LogP contribution in [-0.4, -0.2) is 0 Å². The zero-order chi connectivity index (χ0) is 8.27. The Labute approximate surface area is 66.5 Å². The first-order valence-electron chi connectivity index (χ1n) is 3.48. The van der Waals surface area contributed by atoms with Crippen LogP contribution in [-0.2, 0) is 0 Å². The van der Waals surface area contributed by atoms with E-state index in [1.54, 1.807) is 0 Å². The lowest BCUT2D eigenvalue weighted by Gasteiger charge is -1.99. The Bertz CT molecular complexity index is 259. The van der Waals surface area contributed by atoms with Crippen LogP contribution in [0.15, 0.2) is 30.5 Å². The monoisotopic (exact) mass is 148 g/mol. The van der Waals surface area contributed by atoms with Crippen LogP contribution in [0, 0.1) is 6.92 Å². The zero-order valence-electron chi connectivity index (χ0n) is 6.54. The average molecular weight is 148 g/mol. The molecule has 0 atom stereocenters. The molecule has 2 nitrogen and oxygen atoms in total. The highest BCUT2D eigenvalue weighted by molar-refractivity contribution is 5.62. The molecular weight excluding hydrogens is 136 g/mol. The minimum atomic E-state index is 0.616. The van der Waals surface area contributed by atoms with Crippen molar-refractivity contribution in [3.8, 4) is 0 Å². The van der Waals surface area contributed by atoms with Gasteiger partial charge in [-0.1, -0.05) is 29.8 Å². The summed E-state index contributed by atoms with van der Waals surface area (Å²) < 4.78 is 0. The van der Waals surface area contributed by atoms with E-state index in [0.717, 1.165) is 5.56 Å². The van der Waals surface area contributed by atoms with Crippen molar-refractivity contribution in [2.45, 2.75) is 6.92 Å². The smallest absolute Gasteiger partial charge is 0.0545 e. The molecule has 0 saturated carbocycles. The summed E-state index contributed by atoms with van der Waals surface area (Å²) in [6, 6.07) is 7.92. The maximum Gasteiger partial charge on any atom is 0.0545 e. The molecule has 0 bridgehead atoms. The minimum absolute atomic E-state index is 0.616. The molecule has 11 heavy (non-hydrogen) atoms. The van der Waals surface area contributed by atoms with Gasteiger partial charge >= 0.3 is 0 Å². The van der Waals surface area contributed by atoms with Gasteiger partial charge in [0.25, 0.3) is 0 Å². The molecule has 0 unspecified atom stereocenters. The standard InChI is InChI=1S/C9H12N2/c1-7-2-4-8(5-3-7)9(11)6-10/h2-6H,10-11H2,1H3/b9-6+. The summed E-state index contributed by atoms with van der Waals surface area (Å²) in [5, 5.41) is 0. The second-order valence-corrected chi connectivity index (χ2v) is 2.49. The predicted molar refractivity (Wildman–Crippen MR) is 47.5 cm³/mol. The fourth-order valence-electron chi connectivity index (χ4n) is 0.842. The fraction of sp³-hybridized carbons (Fsp3) is 0.111. The molecule has 0 fully saturated rings.